The highest BCUT2D eigenvalue weighted by Gasteiger charge is 2.44. The molecule has 2 saturated heterocycles. The van der Waals surface area contributed by atoms with Crippen molar-refractivity contribution in [2.24, 2.45) is 5.41 Å². The van der Waals surface area contributed by atoms with Gasteiger partial charge in [0.25, 0.3) is 0 Å². The number of carbonyl (C=O) groups is 4. The van der Waals surface area contributed by atoms with Gasteiger partial charge in [0.15, 0.2) is 0 Å². The minimum absolute atomic E-state index is 0.000673. The Kier molecular flexibility index (Phi) is 15.0. The first-order valence-corrected chi connectivity index (χ1v) is 17.5. The lowest BCUT2D eigenvalue weighted by Gasteiger charge is -2.43. The molecule has 2 heterocycles. The summed E-state index contributed by atoms with van der Waals surface area (Å²) in [5.41, 5.74) is 0.749. The molecule has 1 unspecified atom stereocenters. The van der Waals surface area contributed by atoms with Crippen LogP contribution in [0.4, 0.5) is 4.79 Å². The van der Waals surface area contributed by atoms with Crippen LogP contribution in [0.3, 0.4) is 0 Å². The van der Waals surface area contributed by atoms with Crippen molar-refractivity contribution in [2.75, 3.05) is 32.7 Å². The SMILES string of the molecule is CC(=O)OC(C)(C)C.CCNC(=O)[C@]1(Cc2ccccc2)CCCN(C(=O)C(Cc2ccc(Cl)c(Cl)c2)NC(=O)N[C@@H]2CCCNC2)C1. The van der Waals surface area contributed by atoms with E-state index in [4.69, 9.17) is 27.9 Å². The zero-order valence-corrected chi connectivity index (χ0v) is 30.3. The summed E-state index contributed by atoms with van der Waals surface area (Å²) in [6, 6.07) is 13.9. The average molecular weight is 705 g/mol. The summed E-state index contributed by atoms with van der Waals surface area (Å²) in [6.45, 7) is 11.8. The van der Waals surface area contributed by atoms with Gasteiger partial charge < -0.3 is 30.9 Å². The standard InChI is InChI=1S/C30H39Cl2N5O3.C6H12O2/c1-2-34-28(39)30(18-21-8-4-3-5-9-21)13-7-15-37(20-30)27(38)26(17-22-11-12-24(31)25(32)16-22)36-29(40)35-23-10-6-14-33-19-23;1-5(7)8-6(2,3)4/h3-5,8-9,11-12,16,23,26,33H,2,6-7,10,13-15,17-20H2,1H3,(H,34,39)(H2,35,36,40);1-4H3/t23-,26?,30+;/m1./s1. The van der Waals surface area contributed by atoms with Gasteiger partial charge in [0.2, 0.25) is 11.8 Å². The number of ether oxygens (including phenoxy) is 1. The van der Waals surface area contributed by atoms with E-state index in [2.05, 4.69) is 21.3 Å². The van der Waals surface area contributed by atoms with Crippen molar-refractivity contribution in [3.05, 3.63) is 69.7 Å². The highest BCUT2D eigenvalue weighted by molar-refractivity contribution is 6.42. The number of rotatable bonds is 9. The number of urea groups is 1. The van der Waals surface area contributed by atoms with E-state index in [-0.39, 0.29) is 48.4 Å². The maximum atomic E-state index is 14.1. The average Bonchev–Trinajstić information content (AvgIpc) is 3.02. The predicted octanol–water partition coefficient (Wildman–Crippen LogP) is 5.29. The van der Waals surface area contributed by atoms with Gasteiger partial charge in [-0.05, 0) is 89.6 Å². The third-order valence-corrected chi connectivity index (χ3v) is 8.94. The molecule has 2 aliphatic heterocycles. The van der Waals surface area contributed by atoms with Crippen LogP contribution in [0.1, 0.15) is 71.4 Å². The third-order valence-electron chi connectivity index (χ3n) is 8.20. The maximum Gasteiger partial charge on any atom is 0.315 e. The quantitative estimate of drug-likeness (QED) is 0.263. The number of piperidine rings is 2. The number of amides is 4. The molecular formula is C36H51Cl2N5O5. The fourth-order valence-corrected chi connectivity index (χ4v) is 6.50. The van der Waals surface area contributed by atoms with Crippen LogP contribution < -0.4 is 21.3 Å². The number of carbonyl (C=O) groups excluding carboxylic acids is 4. The van der Waals surface area contributed by atoms with E-state index < -0.39 is 11.5 Å². The van der Waals surface area contributed by atoms with Crippen molar-refractivity contribution in [1.29, 1.82) is 0 Å². The number of nitrogens with one attached hydrogen (secondary N) is 4. The molecule has 2 aromatic carbocycles. The lowest BCUT2D eigenvalue weighted by molar-refractivity contribution is -0.152. The molecule has 2 aliphatic rings. The lowest BCUT2D eigenvalue weighted by atomic mass is 9.74. The fraction of sp³-hybridized carbons (Fsp3) is 0.556. The van der Waals surface area contributed by atoms with Crippen molar-refractivity contribution >= 4 is 47.0 Å². The summed E-state index contributed by atoms with van der Waals surface area (Å²) in [4.78, 5) is 52.6. The Morgan fingerprint density at radius 2 is 1.77 bits per heavy atom. The maximum absolute atomic E-state index is 14.1. The molecule has 4 N–H and O–H groups in total. The molecular weight excluding hydrogens is 653 g/mol. The van der Waals surface area contributed by atoms with Gasteiger partial charge in [-0.3, -0.25) is 14.4 Å². The number of likely N-dealkylation sites (tertiary alicyclic amines) is 1. The second-order valence-electron chi connectivity index (χ2n) is 13.5. The summed E-state index contributed by atoms with van der Waals surface area (Å²) in [7, 11) is 0. The molecule has 2 aromatic rings. The van der Waals surface area contributed by atoms with E-state index in [1.165, 1.54) is 6.92 Å². The number of hydrogen-bond donors (Lipinski definition) is 4. The first-order valence-electron chi connectivity index (χ1n) is 16.7. The molecule has 3 atom stereocenters. The highest BCUT2D eigenvalue weighted by atomic mass is 35.5. The van der Waals surface area contributed by atoms with Gasteiger partial charge in [-0.2, -0.15) is 0 Å². The van der Waals surface area contributed by atoms with Gasteiger partial charge in [-0.25, -0.2) is 4.79 Å². The molecule has 0 aliphatic carbocycles. The topological polar surface area (TPSA) is 129 Å². The minimum Gasteiger partial charge on any atom is -0.460 e. The van der Waals surface area contributed by atoms with Gasteiger partial charge in [0, 0.05) is 45.6 Å². The van der Waals surface area contributed by atoms with Crippen LogP contribution >= 0.6 is 23.2 Å². The van der Waals surface area contributed by atoms with Crippen LogP contribution in [0.15, 0.2) is 48.5 Å². The van der Waals surface area contributed by atoms with E-state index in [1.807, 2.05) is 64.1 Å². The Morgan fingerprint density at radius 3 is 2.35 bits per heavy atom. The van der Waals surface area contributed by atoms with Crippen molar-refractivity contribution in [1.82, 2.24) is 26.2 Å². The molecule has 0 saturated carbocycles. The molecule has 0 bridgehead atoms. The largest absolute Gasteiger partial charge is 0.460 e. The van der Waals surface area contributed by atoms with Crippen LogP contribution in [0, 0.1) is 5.41 Å². The van der Waals surface area contributed by atoms with Crippen molar-refractivity contribution < 1.29 is 23.9 Å². The number of nitrogens with zero attached hydrogens (tertiary/aromatic N) is 1. The summed E-state index contributed by atoms with van der Waals surface area (Å²) >= 11 is 12.4. The van der Waals surface area contributed by atoms with Gasteiger partial charge >= 0.3 is 12.0 Å². The van der Waals surface area contributed by atoms with Gasteiger partial charge in [0.1, 0.15) is 11.6 Å². The molecule has 0 aromatic heterocycles. The first kappa shape index (κ1) is 39.1. The molecule has 12 heteroatoms. The normalized spacial score (nSPS) is 20.0. The van der Waals surface area contributed by atoms with Crippen LogP contribution in [-0.4, -0.2) is 79.1 Å². The van der Waals surface area contributed by atoms with Crippen molar-refractivity contribution in [3.63, 3.8) is 0 Å². The second kappa shape index (κ2) is 18.4. The van der Waals surface area contributed by atoms with E-state index >= 15 is 0 Å². The summed E-state index contributed by atoms with van der Waals surface area (Å²) < 4.78 is 4.80. The Hall–Kier alpha value is -3.34. The minimum atomic E-state index is -0.837. The lowest BCUT2D eigenvalue weighted by Crippen LogP contribution is -2.59. The fourth-order valence-electron chi connectivity index (χ4n) is 6.18. The zero-order chi connectivity index (χ0) is 35.3. The molecule has 0 spiro atoms. The van der Waals surface area contributed by atoms with Crippen LogP contribution in [0.2, 0.25) is 10.0 Å². The van der Waals surface area contributed by atoms with E-state index in [1.54, 1.807) is 17.0 Å². The van der Waals surface area contributed by atoms with Crippen LogP contribution in [0.25, 0.3) is 0 Å². The smallest absolute Gasteiger partial charge is 0.315 e. The Labute approximate surface area is 295 Å². The summed E-state index contributed by atoms with van der Waals surface area (Å²) in [5, 5.41) is 13.0. The summed E-state index contributed by atoms with van der Waals surface area (Å²) in [5.74, 6) is -0.491. The van der Waals surface area contributed by atoms with Crippen LogP contribution in [-0.2, 0) is 32.0 Å². The van der Waals surface area contributed by atoms with Gasteiger partial charge in [-0.1, -0.05) is 59.6 Å². The van der Waals surface area contributed by atoms with Gasteiger partial charge in [-0.15, -0.1) is 0 Å². The zero-order valence-electron chi connectivity index (χ0n) is 28.8. The van der Waals surface area contributed by atoms with Crippen molar-refractivity contribution in [2.45, 2.75) is 90.8 Å². The monoisotopic (exact) mass is 703 g/mol. The predicted molar refractivity (Wildman–Crippen MR) is 190 cm³/mol. The Balaban J connectivity index is 0.000000694. The summed E-state index contributed by atoms with van der Waals surface area (Å²) in [6.07, 6.45) is 4.01. The van der Waals surface area contributed by atoms with Crippen molar-refractivity contribution in [3.8, 4) is 0 Å². The number of esters is 1. The molecule has 4 rings (SSSR count). The number of halogens is 2. The highest BCUT2D eigenvalue weighted by Crippen LogP contribution is 2.35. The van der Waals surface area contributed by atoms with E-state index in [9.17, 15) is 19.2 Å². The Bertz CT molecular complexity index is 1380. The van der Waals surface area contributed by atoms with E-state index in [0.29, 0.717) is 48.9 Å². The molecule has 10 nitrogen and oxygen atoms in total. The molecule has 264 valence electrons. The molecule has 0 radical (unpaired) electrons. The van der Waals surface area contributed by atoms with E-state index in [0.717, 1.165) is 30.5 Å². The number of benzene rings is 2. The second-order valence-corrected chi connectivity index (χ2v) is 14.4. The number of hydrogen-bond acceptors (Lipinski definition) is 6. The molecule has 4 amide bonds. The third kappa shape index (κ3) is 12.6. The van der Waals surface area contributed by atoms with Crippen LogP contribution in [0.5, 0.6) is 0 Å². The van der Waals surface area contributed by atoms with Gasteiger partial charge in [0.05, 0.1) is 15.5 Å². The molecule has 2 fully saturated rings. The first-order chi connectivity index (χ1) is 22.7. The Morgan fingerprint density at radius 1 is 1.04 bits per heavy atom. The molecule has 48 heavy (non-hydrogen) atoms.